The molecule has 1 heterocycles. The van der Waals surface area contributed by atoms with Gasteiger partial charge in [-0.25, -0.2) is 0 Å². The van der Waals surface area contributed by atoms with Gasteiger partial charge in [-0.05, 0) is 60.2 Å². The molecule has 1 aromatic heterocycles. The Balaban J connectivity index is 1.44. The molecule has 0 bridgehead atoms. The summed E-state index contributed by atoms with van der Waals surface area (Å²) in [7, 11) is 0. The van der Waals surface area contributed by atoms with Gasteiger partial charge in [0.1, 0.15) is 6.61 Å². The number of aryl methyl sites for hydroxylation is 1. The lowest BCUT2D eigenvalue weighted by atomic mass is 10.1. The Morgan fingerprint density at radius 1 is 0.732 bits per heavy atom. The lowest BCUT2D eigenvalue weighted by molar-refractivity contribution is -0.132. The third-order valence-electron chi connectivity index (χ3n) is 6.65. The summed E-state index contributed by atoms with van der Waals surface area (Å²) in [5.41, 5.74) is 9.44. The lowest BCUT2D eigenvalue weighted by Gasteiger charge is -2.24. The number of aromatic nitrogens is 1. The number of primary amides is 1. The summed E-state index contributed by atoms with van der Waals surface area (Å²) >= 11 is 0. The number of carbonyl (C=O) groups excluding carboxylic acids is 2. The Morgan fingerprint density at radius 3 is 2.17 bits per heavy atom. The minimum Gasteiger partial charge on any atom is -0.485 e. The lowest BCUT2D eigenvalue weighted by Crippen LogP contribution is -2.32. The van der Waals surface area contributed by atoms with E-state index < -0.39 is 5.91 Å². The van der Waals surface area contributed by atoms with E-state index in [1.54, 1.807) is 6.20 Å². The summed E-state index contributed by atoms with van der Waals surface area (Å²) in [5, 5.41) is 0. The number of rotatable bonds is 16. The first kappa shape index (κ1) is 29.3. The van der Waals surface area contributed by atoms with Gasteiger partial charge in [0.2, 0.25) is 5.91 Å². The van der Waals surface area contributed by atoms with Crippen molar-refractivity contribution in [1.29, 1.82) is 0 Å². The van der Waals surface area contributed by atoms with E-state index in [0.717, 1.165) is 36.1 Å². The molecule has 7 heteroatoms. The number of pyridine rings is 1. The Morgan fingerprint density at radius 2 is 1.46 bits per heavy atom. The van der Waals surface area contributed by atoms with E-state index in [4.69, 9.17) is 15.2 Å². The Labute approximate surface area is 241 Å². The number of nitrogens with two attached hydrogens (primary N) is 1. The van der Waals surface area contributed by atoms with Crippen molar-refractivity contribution in [2.24, 2.45) is 5.73 Å². The first-order chi connectivity index (χ1) is 20.1. The molecule has 212 valence electrons. The number of nitrogens with zero attached hydrogens (tertiary/aromatic N) is 2. The van der Waals surface area contributed by atoms with Crippen molar-refractivity contribution in [3.05, 3.63) is 126 Å². The zero-order valence-electron chi connectivity index (χ0n) is 23.3. The molecule has 0 aliphatic carbocycles. The van der Waals surface area contributed by atoms with Crippen molar-refractivity contribution in [3.63, 3.8) is 0 Å². The van der Waals surface area contributed by atoms with Gasteiger partial charge < -0.3 is 20.1 Å². The normalized spacial score (nSPS) is 10.6. The van der Waals surface area contributed by atoms with Gasteiger partial charge in [0.25, 0.3) is 5.91 Å². The highest BCUT2D eigenvalue weighted by molar-refractivity contribution is 5.76. The summed E-state index contributed by atoms with van der Waals surface area (Å²) in [6, 6.07) is 31.5. The Bertz CT molecular complexity index is 1360. The molecule has 3 aromatic carbocycles. The van der Waals surface area contributed by atoms with Crippen molar-refractivity contribution >= 4 is 11.8 Å². The van der Waals surface area contributed by atoms with Crippen molar-refractivity contribution in [2.75, 3.05) is 13.2 Å². The van der Waals surface area contributed by atoms with Crippen LogP contribution in [0.15, 0.2) is 103 Å². The number of amides is 2. The fraction of sp³-hybridized carbons (Fsp3) is 0.265. The molecule has 4 rings (SSSR count). The maximum absolute atomic E-state index is 13.4. The molecule has 7 nitrogen and oxygen atoms in total. The van der Waals surface area contributed by atoms with Gasteiger partial charge in [0.05, 0.1) is 0 Å². The van der Waals surface area contributed by atoms with Gasteiger partial charge in [-0.3, -0.25) is 14.6 Å². The molecule has 0 aliphatic heterocycles. The quantitative estimate of drug-likeness (QED) is 0.185. The Kier molecular flexibility index (Phi) is 11.3. The van der Waals surface area contributed by atoms with Crippen LogP contribution in [0.5, 0.6) is 11.5 Å². The predicted octanol–water partition coefficient (Wildman–Crippen LogP) is 5.51. The topological polar surface area (TPSA) is 94.8 Å². The second-order valence-corrected chi connectivity index (χ2v) is 9.89. The number of ether oxygens (including phenoxy) is 2. The standard InChI is InChI=1S/C34H37N3O4/c35-33(38)26-41-32-23-29(18-19-31(32)40-25-28-14-5-2-6-15-28)24-37(22-20-30-16-9-10-21-36-30)34(39)17-8-7-13-27-11-3-1-4-12-27/h1-6,9-12,14-16,18-19,21,23H,7-8,13,17,20,22,24-26H2,(H2,35,38). The van der Waals surface area contributed by atoms with Crippen LogP contribution in [0.25, 0.3) is 0 Å². The van der Waals surface area contributed by atoms with Crippen LogP contribution in [-0.2, 0) is 35.6 Å². The second-order valence-electron chi connectivity index (χ2n) is 9.89. The first-order valence-electron chi connectivity index (χ1n) is 14.0. The van der Waals surface area contributed by atoms with Crippen LogP contribution in [0.4, 0.5) is 0 Å². The molecule has 0 saturated carbocycles. The van der Waals surface area contributed by atoms with Gasteiger partial charge in [0.15, 0.2) is 18.1 Å². The molecule has 2 N–H and O–H groups in total. The minimum absolute atomic E-state index is 0.0954. The highest BCUT2D eigenvalue weighted by Gasteiger charge is 2.17. The number of hydrogen-bond acceptors (Lipinski definition) is 5. The van der Waals surface area contributed by atoms with Gasteiger partial charge in [-0.2, -0.15) is 0 Å². The summed E-state index contributed by atoms with van der Waals surface area (Å²) in [5.74, 6) is 0.438. The maximum Gasteiger partial charge on any atom is 0.255 e. The van der Waals surface area contributed by atoms with Crippen molar-refractivity contribution in [3.8, 4) is 11.5 Å². The summed E-state index contributed by atoms with van der Waals surface area (Å²) < 4.78 is 11.7. The van der Waals surface area contributed by atoms with E-state index in [1.807, 2.05) is 89.8 Å². The van der Waals surface area contributed by atoms with Crippen LogP contribution in [0, 0.1) is 0 Å². The van der Waals surface area contributed by atoms with E-state index in [9.17, 15) is 9.59 Å². The van der Waals surface area contributed by atoms with E-state index in [1.165, 1.54) is 5.56 Å². The van der Waals surface area contributed by atoms with Crippen LogP contribution < -0.4 is 15.2 Å². The molecule has 0 fully saturated rings. The fourth-order valence-corrected chi connectivity index (χ4v) is 4.48. The maximum atomic E-state index is 13.4. The largest absolute Gasteiger partial charge is 0.485 e. The zero-order valence-corrected chi connectivity index (χ0v) is 23.3. The van der Waals surface area contributed by atoms with Gasteiger partial charge in [-0.1, -0.05) is 72.8 Å². The van der Waals surface area contributed by atoms with Gasteiger partial charge >= 0.3 is 0 Å². The van der Waals surface area contributed by atoms with Crippen LogP contribution >= 0.6 is 0 Å². The van der Waals surface area contributed by atoms with E-state index >= 15 is 0 Å². The molecule has 41 heavy (non-hydrogen) atoms. The Hall–Kier alpha value is -4.65. The monoisotopic (exact) mass is 551 g/mol. The average Bonchev–Trinajstić information content (AvgIpc) is 3.01. The molecule has 2 amide bonds. The highest BCUT2D eigenvalue weighted by Crippen LogP contribution is 2.30. The van der Waals surface area contributed by atoms with Crippen LogP contribution in [-0.4, -0.2) is 34.8 Å². The van der Waals surface area contributed by atoms with Gasteiger partial charge in [-0.15, -0.1) is 0 Å². The number of benzene rings is 3. The molecule has 0 atom stereocenters. The molecule has 0 radical (unpaired) electrons. The zero-order chi connectivity index (χ0) is 28.7. The summed E-state index contributed by atoms with van der Waals surface area (Å²) in [4.78, 5) is 31.1. The fourth-order valence-electron chi connectivity index (χ4n) is 4.48. The number of unbranched alkanes of at least 4 members (excludes halogenated alkanes) is 1. The third kappa shape index (κ3) is 10.1. The van der Waals surface area contributed by atoms with E-state index in [-0.39, 0.29) is 12.5 Å². The number of hydrogen-bond donors (Lipinski definition) is 1. The molecule has 4 aromatic rings. The van der Waals surface area contributed by atoms with Crippen LogP contribution in [0.1, 0.15) is 41.6 Å². The van der Waals surface area contributed by atoms with Gasteiger partial charge in [0, 0.05) is 37.8 Å². The molecule has 0 unspecified atom stereocenters. The van der Waals surface area contributed by atoms with Crippen LogP contribution in [0.3, 0.4) is 0 Å². The van der Waals surface area contributed by atoms with Crippen molar-refractivity contribution < 1.29 is 19.1 Å². The molecular weight excluding hydrogens is 514 g/mol. The second kappa shape index (κ2) is 15.8. The SMILES string of the molecule is NC(=O)COc1cc(CN(CCc2ccccn2)C(=O)CCCCc2ccccc2)ccc1OCc1ccccc1. The molecular formula is C34H37N3O4. The molecule has 0 aliphatic rings. The first-order valence-corrected chi connectivity index (χ1v) is 14.0. The summed E-state index contributed by atoms with van der Waals surface area (Å²) in [6.07, 6.45) is 5.60. The predicted molar refractivity (Wildman–Crippen MR) is 159 cm³/mol. The van der Waals surface area contributed by atoms with Crippen molar-refractivity contribution in [2.45, 2.75) is 45.3 Å². The number of carbonyl (C=O) groups is 2. The van der Waals surface area contributed by atoms with E-state index in [0.29, 0.717) is 44.0 Å². The minimum atomic E-state index is -0.577. The van der Waals surface area contributed by atoms with Crippen LogP contribution in [0.2, 0.25) is 0 Å². The molecule has 0 saturated heterocycles. The smallest absolute Gasteiger partial charge is 0.255 e. The van der Waals surface area contributed by atoms with Crippen molar-refractivity contribution in [1.82, 2.24) is 9.88 Å². The van der Waals surface area contributed by atoms with E-state index in [2.05, 4.69) is 17.1 Å². The summed E-state index contributed by atoms with van der Waals surface area (Å²) in [6.45, 7) is 1.02. The average molecular weight is 552 g/mol. The third-order valence-corrected chi connectivity index (χ3v) is 6.65. The molecule has 0 spiro atoms. The highest BCUT2D eigenvalue weighted by atomic mass is 16.5.